The number of halogens is 2. The summed E-state index contributed by atoms with van der Waals surface area (Å²) in [7, 11) is -3.90. The first-order valence-corrected chi connectivity index (χ1v) is 10.4. The molecule has 3 N–H and O–H groups in total. The molecule has 0 saturated heterocycles. The second kappa shape index (κ2) is 9.45. The molecule has 7 nitrogen and oxygen atoms in total. The number of nitrogens with one attached hydrogen (secondary N) is 3. The van der Waals surface area contributed by atoms with Crippen LogP contribution in [-0.2, 0) is 16.6 Å². The number of carbonyl (C=O) groups is 2. The fraction of sp³-hybridized carbons (Fsp3) is 0.0476. The third kappa shape index (κ3) is 5.93. The van der Waals surface area contributed by atoms with Gasteiger partial charge in [0.2, 0.25) is 10.0 Å². The largest absolute Gasteiger partial charge is 0.269 e. The smallest absolute Gasteiger partial charge is 0.267 e. The van der Waals surface area contributed by atoms with Crippen molar-refractivity contribution in [3.8, 4) is 0 Å². The molecule has 0 aliphatic heterocycles. The Morgan fingerprint density at radius 2 is 1.35 bits per heavy atom. The minimum atomic E-state index is -3.90. The Balaban J connectivity index is 1.66. The Hall–Kier alpha value is -3.63. The van der Waals surface area contributed by atoms with Gasteiger partial charge in [-0.25, -0.2) is 21.9 Å². The van der Waals surface area contributed by atoms with Crippen molar-refractivity contribution in [1.29, 1.82) is 0 Å². The summed E-state index contributed by atoms with van der Waals surface area (Å²) in [6, 6.07) is 16.3. The van der Waals surface area contributed by atoms with E-state index in [4.69, 9.17) is 0 Å². The van der Waals surface area contributed by atoms with E-state index in [0.717, 1.165) is 23.8 Å². The second-order valence-corrected chi connectivity index (χ2v) is 8.17. The minimum Gasteiger partial charge on any atom is -0.267 e. The molecule has 0 radical (unpaired) electrons. The second-order valence-electron chi connectivity index (χ2n) is 6.40. The van der Waals surface area contributed by atoms with E-state index in [2.05, 4.69) is 10.1 Å². The summed E-state index contributed by atoms with van der Waals surface area (Å²) >= 11 is 0. The van der Waals surface area contributed by atoms with Gasteiger partial charge in [-0.2, -0.15) is 0 Å². The van der Waals surface area contributed by atoms with Gasteiger partial charge in [-0.3, -0.25) is 20.4 Å². The van der Waals surface area contributed by atoms with Gasteiger partial charge in [-0.1, -0.05) is 36.4 Å². The number of sulfonamides is 1. The number of rotatable bonds is 6. The van der Waals surface area contributed by atoms with E-state index in [0.29, 0.717) is 6.07 Å². The van der Waals surface area contributed by atoms with E-state index in [-0.39, 0.29) is 22.6 Å². The van der Waals surface area contributed by atoms with E-state index in [1.54, 1.807) is 24.3 Å². The van der Waals surface area contributed by atoms with Crippen molar-refractivity contribution in [3.05, 3.63) is 101 Å². The van der Waals surface area contributed by atoms with Crippen LogP contribution in [0.25, 0.3) is 0 Å². The van der Waals surface area contributed by atoms with Gasteiger partial charge in [0.15, 0.2) is 0 Å². The predicted octanol–water partition coefficient (Wildman–Crippen LogP) is 2.52. The van der Waals surface area contributed by atoms with Crippen molar-refractivity contribution < 1.29 is 26.8 Å². The molecule has 2 amide bonds. The van der Waals surface area contributed by atoms with Gasteiger partial charge >= 0.3 is 0 Å². The summed E-state index contributed by atoms with van der Waals surface area (Å²) in [6.07, 6.45) is 0. The van der Waals surface area contributed by atoms with Crippen molar-refractivity contribution in [2.45, 2.75) is 11.4 Å². The lowest BCUT2D eigenvalue weighted by molar-refractivity contribution is 0.0846. The Labute approximate surface area is 177 Å². The van der Waals surface area contributed by atoms with Crippen LogP contribution in [0.5, 0.6) is 0 Å². The molecule has 0 aromatic heterocycles. The van der Waals surface area contributed by atoms with Gasteiger partial charge in [-0.05, 0) is 35.9 Å². The van der Waals surface area contributed by atoms with Crippen molar-refractivity contribution in [2.75, 3.05) is 0 Å². The molecular weight excluding hydrogens is 428 g/mol. The third-order valence-electron chi connectivity index (χ3n) is 4.13. The summed E-state index contributed by atoms with van der Waals surface area (Å²) in [5.74, 6) is -3.65. The van der Waals surface area contributed by atoms with Crippen molar-refractivity contribution in [1.82, 2.24) is 15.6 Å². The van der Waals surface area contributed by atoms with Crippen molar-refractivity contribution in [3.63, 3.8) is 0 Å². The molecule has 0 fully saturated rings. The summed E-state index contributed by atoms with van der Waals surface area (Å²) < 4.78 is 53.9. The van der Waals surface area contributed by atoms with Crippen LogP contribution in [0, 0.1) is 11.6 Å². The molecule has 3 aromatic carbocycles. The topological polar surface area (TPSA) is 104 Å². The van der Waals surface area contributed by atoms with Gasteiger partial charge in [0.25, 0.3) is 11.8 Å². The SMILES string of the molecule is O=C(NNC(=O)c1cccc(S(=O)(=O)NCc2ccccc2)c1)c1cc(F)cc(F)c1. The Morgan fingerprint density at radius 3 is 2.00 bits per heavy atom. The van der Waals surface area contributed by atoms with Gasteiger partial charge in [0.05, 0.1) is 4.90 Å². The lowest BCUT2D eigenvalue weighted by Crippen LogP contribution is -2.41. The maximum atomic E-state index is 13.2. The monoisotopic (exact) mass is 445 g/mol. The Morgan fingerprint density at radius 1 is 0.742 bits per heavy atom. The molecule has 0 spiro atoms. The van der Waals surface area contributed by atoms with Gasteiger partial charge in [0.1, 0.15) is 11.6 Å². The highest BCUT2D eigenvalue weighted by Crippen LogP contribution is 2.13. The average molecular weight is 445 g/mol. The maximum Gasteiger partial charge on any atom is 0.269 e. The molecule has 0 aliphatic rings. The molecule has 160 valence electrons. The van der Waals surface area contributed by atoms with E-state index >= 15 is 0 Å². The van der Waals surface area contributed by atoms with Gasteiger partial charge < -0.3 is 0 Å². The fourth-order valence-electron chi connectivity index (χ4n) is 2.60. The average Bonchev–Trinajstić information content (AvgIpc) is 2.76. The van der Waals surface area contributed by atoms with Crippen LogP contribution in [0.2, 0.25) is 0 Å². The number of benzene rings is 3. The third-order valence-corrected chi connectivity index (χ3v) is 5.53. The van der Waals surface area contributed by atoms with Gasteiger partial charge in [-0.15, -0.1) is 0 Å². The van der Waals surface area contributed by atoms with Crippen LogP contribution in [0.15, 0.2) is 77.7 Å². The standard InChI is InChI=1S/C21H17F2N3O4S/c22-17-9-16(10-18(23)12-17)21(28)26-25-20(27)15-7-4-8-19(11-15)31(29,30)24-13-14-5-2-1-3-6-14/h1-12,24H,13H2,(H,25,27)(H,26,28). The molecule has 0 unspecified atom stereocenters. The van der Waals surface area contributed by atoms with Crippen LogP contribution >= 0.6 is 0 Å². The zero-order chi connectivity index (χ0) is 22.4. The number of carbonyl (C=O) groups excluding carboxylic acids is 2. The van der Waals surface area contributed by atoms with Crippen LogP contribution in [0.4, 0.5) is 8.78 Å². The summed E-state index contributed by atoms with van der Waals surface area (Å²) in [4.78, 5) is 24.1. The molecule has 10 heteroatoms. The van der Waals surface area contributed by atoms with E-state index in [1.807, 2.05) is 11.5 Å². The molecule has 0 aliphatic carbocycles. The summed E-state index contributed by atoms with van der Waals surface area (Å²) in [5, 5.41) is 0. The predicted molar refractivity (Wildman–Crippen MR) is 108 cm³/mol. The van der Waals surface area contributed by atoms with Crippen LogP contribution in [0.3, 0.4) is 0 Å². The first-order valence-electron chi connectivity index (χ1n) is 8.95. The quantitative estimate of drug-likeness (QED) is 0.507. The van der Waals surface area contributed by atoms with Crippen LogP contribution < -0.4 is 15.6 Å². The highest BCUT2D eigenvalue weighted by atomic mass is 32.2. The Bertz CT molecular complexity index is 1200. The van der Waals surface area contributed by atoms with Crippen molar-refractivity contribution >= 4 is 21.8 Å². The highest BCUT2D eigenvalue weighted by molar-refractivity contribution is 7.89. The lowest BCUT2D eigenvalue weighted by atomic mass is 10.2. The van der Waals surface area contributed by atoms with E-state index in [1.165, 1.54) is 18.2 Å². The van der Waals surface area contributed by atoms with Crippen LogP contribution in [-0.4, -0.2) is 20.2 Å². The van der Waals surface area contributed by atoms with Crippen LogP contribution in [0.1, 0.15) is 26.3 Å². The van der Waals surface area contributed by atoms with Gasteiger partial charge in [0, 0.05) is 23.7 Å². The first kappa shape index (κ1) is 22.1. The van der Waals surface area contributed by atoms with Crippen molar-refractivity contribution in [2.24, 2.45) is 0 Å². The number of hydrazine groups is 1. The zero-order valence-corrected chi connectivity index (χ0v) is 16.7. The highest BCUT2D eigenvalue weighted by Gasteiger charge is 2.17. The zero-order valence-electron chi connectivity index (χ0n) is 15.9. The molecule has 0 saturated carbocycles. The molecule has 0 bridgehead atoms. The minimum absolute atomic E-state index is 0.0479. The lowest BCUT2D eigenvalue weighted by Gasteiger charge is -2.10. The fourth-order valence-corrected chi connectivity index (χ4v) is 3.67. The Kier molecular flexibility index (Phi) is 6.73. The summed E-state index contributed by atoms with van der Waals surface area (Å²) in [5.41, 5.74) is 4.47. The molecular formula is C21H17F2N3O4S. The number of hydrogen-bond acceptors (Lipinski definition) is 4. The summed E-state index contributed by atoms with van der Waals surface area (Å²) in [6.45, 7) is 0.0693. The molecule has 0 atom stereocenters. The normalized spacial score (nSPS) is 11.0. The van der Waals surface area contributed by atoms with E-state index in [9.17, 15) is 26.8 Å². The van der Waals surface area contributed by atoms with E-state index < -0.39 is 33.5 Å². The molecule has 3 rings (SSSR count). The maximum absolute atomic E-state index is 13.2. The number of hydrogen-bond donors (Lipinski definition) is 3. The molecule has 0 heterocycles. The molecule has 3 aromatic rings. The number of amides is 2. The molecule has 31 heavy (non-hydrogen) atoms. The first-order chi connectivity index (χ1) is 14.7.